The minimum absolute atomic E-state index is 0.00430. The van der Waals surface area contributed by atoms with Crippen molar-refractivity contribution in [2.75, 3.05) is 13.2 Å². The second kappa shape index (κ2) is 7.17. The monoisotopic (exact) mass is 302 g/mol. The largest absolute Gasteiger partial charge is 0.388 e. The first kappa shape index (κ1) is 16.2. The zero-order valence-electron chi connectivity index (χ0n) is 11.7. The Kier molecular flexibility index (Phi) is 5.51. The van der Waals surface area contributed by atoms with Crippen LogP contribution in [0.2, 0.25) is 0 Å². The molecule has 2 aliphatic heterocycles. The molecule has 120 valence electrons. The summed E-state index contributed by atoms with van der Waals surface area (Å²) in [7, 11) is 0. The summed E-state index contributed by atoms with van der Waals surface area (Å²) in [5, 5.41) is 21.6. The lowest BCUT2D eigenvalue weighted by Gasteiger charge is -2.16. The lowest BCUT2D eigenvalue weighted by Crippen LogP contribution is -2.37. The van der Waals surface area contributed by atoms with Crippen molar-refractivity contribution in [2.45, 2.75) is 56.2 Å². The molecule has 2 fully saturated rings. The predicted molar refractivity (Wildman–Crippen MR) is 71.1 cm³/mol. The Bertz CT molecular complexity index is 391. The molecule has 2 saturated heterocycles. The molecule has 8 nitrogen and oxygen atoms in total. The maximum Gasteiger partial charge on any atom is 0.222 e. The molecule has 0 aromatic carbocycles. The molecule has 0 spiro atoms. The van der Waals surface area contributed by atoms with Crippen molar-refractivity contribution in [1.82, 2.24) is 5.32 Å². The van der Waals surface area contributed by atoms with Gasteiger partial charge in [-0.3, -0.25) is 9.59 Å². The van der Waals surface area contributed by atoms with E-state index in [1.807, 2.05) is 0 Å². The average Bonchev–Trinajstić information content (AvgIpc) is 2.97. The summed E-state index contributed by atoms with van der Waals surface area (Å²) in [4.78, 5) is 22.5. The molecule has 0 aromatic rings. The van der Waals surface area contributed by atoms with Crippen LogP contribution in [-0.2, 0) is 19.1 Å². The fourth-order valence-electron chi connectivity index (χ4n) is 2.63. The zero-order chi connectivity index (χ0) is 15.4. The summed E-state index contributed by atoms with van der Waals surface area (Å²) in [5.41, 5.74) is 5.11. The number of nitrogens with two attached hydrogens (primary N) is 1. The molecule has 0 saturated carbocycles. The van der Waals surface area contributed by atoms with Crippen LogP contribution in [0.15, 0.2) is 0 Å². The van der Waals surface area contributed by atoms with Crippen molar-refractivity contribution in [3.05, 3.63) is 0 Å². The highest BCUT2D eigenvalue weighted by molar-refractivity contribution is 5.76. The second-order valence-corrected chi connectivity index (χ2v) is 5.57. The van der Waals surface area contributed by atoms with Gasteiger partial charge in [-0.05, 0) is 12.8 Å². The number of primary amides is 1. The first-order valence-corrected chi connectivity index (χ1v) is 7.14. The van der Waals surface area contributed by atoms with Crippen LogP contribution in [0.1, 0.15) is 25.7 Å². The van der Waals surface area contributed by atoms with Crippen LogP contribution in [0, 0.1) is 0 Å². The number of hydrogen-bond acceptors (Lipinski definition) is 6. The first-order chi connectivity index (χ1) is 9.95. The van der Waals surface area contributed by atoms with E-state index in [4.69, 9.17) is 15.2 Å². The first-order valence-electron chi connectivity index (χ1n) is 7.14. The van der Waals surface area contributed by atoms with Crippen LogP contribution < -0.4 is 11.1 Å². The van der Waals surface area contributed by atoms with Crippen molar-refractivity contribution in [1.29, 1.82) is 0 Å². The highest BCUT2D eigenvalue weighted by Gasteiger charge is 2.36. The third-order valence-corrected chi connectivity index (χ3v) is 3.79. The molecule has 21 heavy (non-hydrogen) atoms. The van der Waals surface area contributed by atoms with Gasteiger partial charge in [0.2, 0.25) is 11.8 Å². The van der Waals surface area contributed by atoms with Gasteiger partial charge in [0.25, 0.3) is 0 Å². The van der Waals surface area contributed by atoms with Gasteiger partial charge in [-0.2, -0.15) is 0 Å². The lowest BCUT2D eigenvalue weighted by atomic mass is 10.1. The quantitative estimate of drug-likeness (QED) is 0.450. The van der Waals surface area contributed by atoms with E-state index >= 15 is 0 Å². The molecule has 0 radical (unpaired) electrons. The minimum atomic E-state index is -1.03. The third kappa shape index (κ3) is 4.63. The SMILES string of the molecule is NC(=O)CC1CCC(CNC(=O)C[C@@H]2OCC(O)C2O)O1. The molecular formula is C13H22N2O6. The summed E-state index contributed by atoms with van der Waals surface area (Å²) < 4.78 is 10.7. The van der Waals surface area contributed by atoms with Crippen molar-refractivity contribution < 1.29 is 29.3 Å². The van der Waals surface area contributed by atoms with E-state index in [-0.39, 0.29) is 37.6 Å². The standard InChI is InChI=1S/C13H22N2O6/c14-11(17)3-7-1-2-8(21-7)5-15-12(18)4-10-13(19)9(16)6-20-10/h7-10,13,16,19H,1-6H2,(H2,14,17)(H,15,18)/t7?,8?,9?,10-,13?/m0/s1. The molecule has 4 unspecified atom stereocenters. The van der Waals surface area contributed by atoms with Gasteiger partial charge in [0.05, 0.1) is 37.8 Å². The smallest absolute Gasteiger partial charge is 0.222 e. The number of nitrogens with one attached hydrogen (secondary N) is 1. The van der Waals surface area contributed by atoms with Crippen molar-refractivity contribution in [3.8, 4) is 0 Å². The minimum Gasteiger partial charge on any atom is -0.388 e. The normalized spacial score (nSPS) is 35.8. The Hall–Kier alpha value is -1.22. The molecule has 2 aliphatic rings. The van der Waals surface area contributed by atoms with Crippen LogP contribution in [-0.4, -0.2) is 65.7 Å². The molecule has 0 aromatic heterocycles. The van der Waals surface area contributed by atoms with E-state index in [1.54, 1.807) is 0 Å². The molecule has 2 rings (SSSR count). The Balaban J connectivity index is 1.65. The van der Waals surface area contributed by atoms with Crippen LogP contribution in [0.3, 0.4) is 0 Å². The number of carbonyl (C=O) groups excluding carboxylic acids is 2. The third-order valence-electron chi connectivity index (χ3n) is 3.79. The summed E-state index contributed by atoms with van der Waals surface area (Å²) in [6.45, 7) is 0.388. The van der Waals surface area contributed by atoms with Gasteiger partial charge < -0.3 is 30.7 Å². The van der Waals surface area contributed by atoms with Crippen LogP contribution in [0.4, 0.5) is 0 Å². The highest BCUT2D eigenvalue weighted by Crippen LogP contribution is 2.21. The molecule has 2 heterocycles. The van der Waals surface area contributed by atoms with Crippen LogP contribution in [0.5, 0.6) is 0 Å². The lowest BCUT2D eigenvalue weighted by molar-refractivity contribution is -0.126. The van der Waals surface area contributed by atoms with Gasteiger partial charge in [0.1, 0.15) is 12.2 Å². The van der Waals surface area contributed by atoms with E-state index in [9.17, 15) is 19.8 Å². The average molecular weight is 302 g/mol. The Labute approximate surface area is 122 Å². The van der Waals surface area contributed by atoms with Crippen molar-refractivity contribution in [3.63, 3.8) is 0 Å². The van der Waals surface area contributed by atoms with Gasteiger partial charge in [0.15, 0.2) is 0 Å². The van der Waals surface area contributed by atoms with Crippen molar-refractivity contribution >= 4 is 11.8 Å². The molecule has 0 bridgehead atoms. The number of rotatable bonds is 6. The zero-order valence-corrected chi connectivity index (χ0v) is 11.7. The highest BCUT2D eigenvalue weighted by atomic mass is 16.5. The van der Waals surface area contributed by atoms with Crippen LogP contribution in [0.25, 0.3) is 0 Å². The number of aliphatic hydroxyl groups excluding tert-OH is 2. The number of aliphatic hydroxyl groups is 2. The van der Waals surface area contributed by atoms with Gasteiger partial charge in [-0.25, -0.2) is 0 Å². The number of carbonyl (C=O) groups is 2. The second-order valence-electron chi connectivity index (χ2n) is 5.57. The summed E-state index contributed by atoms with van der Waals surface area (Å²) in [6.07, 6.45) is -1.22. The molecule has 5 N–H and O–H groups in total. The fraction of sp³-hybridized carbons (Fsp3) is 0.846. The van der Waals surface area contributed by atoms with Gasteiger partial charge in [-0.1, -0.05) is 0 Å². The molecule has 0 aliphatic carbocycles. The number of hydrogen-bond donors (Lipinski definition) is 4. The molecule has 2 amide bonds. The van der Waals surface area contributed by atoms with Gasteiger partial charge in [0, 0.05) is 6.54 Å². The van der Waals surface area contributed by atoms with E-state index in [2.05, 4.69) is 5.32 Å². The van der Waals surface area contributed by atoms with E-state index < -0.39 is 24.2 Å². The van der Waals surface area contributed by atoms with Gasteiger partial charge in [-0.15, -0.1) is 0 Å². The molecule has 8 heteroatoms. The Morgan fingerprint density at radius 2 is 1.90 bits per heavy atom. The molecule has 5 atom stereocenters. The summed E-state index contributed by atoms with van der Waals surface area (Å²) in [6, 6.07) is 0. The Morgan fingerprint density at radius 3 is 2.52 bits per heavy atom. The Morgan fingerprint density at radius 1 is 1.19 bits per heavy atom. The number of ether oxygens (including phenoxy) is 2. The maximum atomic E-state index is 11.8. The topological polar surface area (TPSA) is 131 Å². The molecular weight excluding hydrogens is 280 g/mol. The summed E-state index contributed by atoms with van der Waals surface area (Å²) in [5.74, 6) is -0.661. The maximum absolute atomic E-state index is 11.8. The number of amides is 2. The van der Waals surface area contributed by atoms with Crippen molar-refractivity contribution in [2.24, 2.45) is 5.73 Å². The predicted octanol–water partition coefficient (Wildman–Crippen LogP) is -1.96. The van der Waals surface area contributed by atoms with Gasteiger partial charge >= 0.3 is 0 Å². The van der Waals surface area contributed by atoms with Crippen LogP contribution >= 0.6 is 0 Å². The summed E-state index contributed by atoms with van der Waals surface area (Å²) >= 11 is 0. The van der Waals surface area contributed by atoms with E-state index in [0.717, 1.165) is 12.8 Å². The van der Waals surface area contributed by atoms with E-state index in [1.165, 1.54) is 0 Å². The fourth-order valence-corrected chi connectivity index (χ4v) is 2.63. The van der Waals surface area contributed by atoms with E-state index in [0.29, 0.717) is 6.54 Å².